The maximum atomic E-state index is 11.8. The Morgan fingerprint density at radius 1 is 1.47 bits per heavy atom. The van der Waals surface area contributed by atoms with Crippen LogP contribution in [0.4, 0.5) is 0 Å². The molecule has 19 heavy (non-hydrogen) atoms. The van der Waals surface area contributed by atoms with Crippen molar-refractivity contribution in [3.63, 3.8) is 0 Å². The minimum atomic E-state index is -0.378. The molecule has 0 atom stereocenters. The largest absolute Gasteiger partial charge is 0.461 e. The first-order valence-corrected chi connectivity index (χ1v) is 6.80. The zero-order valence-electron chi connectivity index (χ0n) is 11.1. The van der Waals surface area contributed by atoms with Crippen molar-refractivity contribution in [2.75, 3.05) is 6.61 Å². The Kier molecular flexibility index (Phi) is 4.04. The van der Waals surface area contributed by atoms with Gasteiger partial charge in [0.2, 0.25) is 0 Å². The van der Waals surface area contributed by atoms with Gasteiger partial charge >= 0.3 is 5.97 Å². The van der Waals surface area contributed by atoms with Gasteiger partial charge in [-0.2, -0.15) is 5.10 Å². The second-order valence-corrected chi connectivity index (χ2v) is 5.09. The van der Waals surface area contributed by atoms with Gasteiger partial charge in [-0.1, -0.05) is 28.1 Å². The van der Waals surface area contributed by atoms with Gasteiger partial charge in [-0.3, -0.25) is 4.68 Å². The lowest BCUT2D eigenvalue weighted by Gasteiger charge is -2.04. The molecule has 0 unspecified atom stereocenters. The van der Waals surface area contributed by atoms with E-state index in [2.05, 4.69) is 21.0 Å². The van der Waals surface area contributed by atoms with Gasteiger partial charge < -0.3 is 4.74 Å². The molecule has 0 saturated carbocycles. The lowest BCUT2D eigenvalue weighted by Crippen LogP contribution is -2.07. The molecule has 2 rings (SSSR count). The Morgan fingerprint density at radius 3 is 2.84 bits per heavy atom. The first-order chi connectivity index (χ1) is 9.04. The summed E-state index contributed by atoms with van der Waals surface area (Å²) in [5.74, 6) is -0.378. The molecule has 0 saturated heterocycles. The number of rotatable bonds is 3. The van der Waals surface area contributed by atoms with E-state index in [1.165, 1.54) is 0 Å². The maximum absolute atomic E-state index is 11.8. The summed E-state index contributed by atoms with van der Waals surface area (Å²) in [7, 11) is 1.83. The predicted molar refractivity (Wildman–Crippen MR) is 77.0 cm³/mol. The summed E-state index contributed by atoms with van der Waals surface area (Å²) >= 11 is 3.45. The van der Waals surface area contributed by atoms with Crippen LogP contribution in [0, 0.1) is 6.92 Å². The Morgan fingerprint density at radius 2 is 2.21 bits per heavy atom. The van der Waals surface area contributed by atoms with Crippen molar-refractivity contribution in [1.82, 2.24) is 9.78 Å². The molecule has 0 amide bonds. The second-order valence-electron chi connectivity index (χ2n) is 4.18. The lowest BCUT2D eigenvalue weighted by atomic mass is 10.1. The molecule has 0 aliphatic carbocycles. The van der Waals surface area contributed by atoms with Gasteiger partial charge in [0, 0.05) is 22.6 Å². The van der Waals surface area contributed by atoms with Crippen molar-refractivity contribution < 1.29 is 9.53 Å². The van der Waals surface area contributed by atoms with Gasteiger partial charge in [0.1, 0.15) is 0 Å². The standard InChI is InChI=1S/C14H15BrN2O2/c1-4-19-14(18)12-9(2)13(17(3)16-12)10-6-5-7-11(15)8-10/h5-8H,4H2,1-3H3. The number of esters is 1. The fraction of sp³-hybridized carbons (Fsp3) is 0.286. The number of aryl methyl sites for hydroxylation is 1. The summed E-state index contributed by atoms with van der Waals surface area (Å²) in [5.41, 5.74) is 3.14. The summed E-state index contributed by atoms with van der Waals surface area (Å²) in [5, 5.41) is 4.26. The summed E-state index contributed by atoms with van der Waals surface area (Å²) in [6, 6.07) is 7.90. The Bertz CT molecular complexity index is 620. The van der Waals surface area contributed by atoms with Gasteiger partial charge in [0.25, 0.3) is 0 Å². The summed E-state index contributed by atoms with van der Waals surface area (Å²) in [6.45, 7) is 4.02. The minimum Gasteiger partial charge on any atom is -0.461 e. The molecule has 0 aliphatic heterocycles. The predicted octanol–water partition coefficient (Wildman–Crippen LogP) is 3.33. The summed E-state index contributed by atoms with van der Waals surface area (Å²) in [6.07, 6.45) is 0. The van der Waals surface area contributed by atoms with E-state index >= 15 is 0 Å². The lowest BCUT2D eigenvalue weighted by molar-refractivity contribution is 0.0518. The van der Waals surface area contributed by atoms with Crippen LogP contribution < -0.4 is 0 Å². The van der Waals surface area contributed by atoms with E-state index in [0.717, 1.165) is 21.3 Å². The van der Waals surface area contributed by atoms with Crippen LogP contribution in [0.1, 0.15) is 23.0 Å². The van der Waals surface area contributed by atoms with Crippen LogP contribution in [0.15, 0.2) is 28.7 Å². The third-order valence-electron chi connectivity index (χ3n) is 2.85. The monoisotopic (exact) mass is 322 g/mol. The number of hydrogen-bond acceptors (Lipinski definition) is 3. The Hall–Kier alpha value is -1.62. The van der Waals surface area contributed by atoms with Gasteiger partial charge in [0.15, 0.2) is 5.69 Å². The van der Waals surface area contributed by atoms with E-state index < -0.39 is 0 Å². The van der Waals surface area contributed by atoms with E-state index in [4.69, 9.17) is 4.74 Å². The molecule has 1 aromatic carbocycles. The van der Waals surface area contributed by atoms with Gasteiger partial charge in [-0.05, 0) is 26.0 Å². The topological polar surface area (TPSA) is 44.1 Å². The van der Waals surface area contributed by atoms with Crippen LogP contribution in [-0.4, -0.2) is 22.4 Å². The molecular formula is C14H15BrN2O2. The number of carbonyl (C=O) groups excluding carboxylic acids is 1. The van der Waals surface area contributed by atoms with Crippen LogP contribution in [-0.2, 0) is 11.8 Å². The molecule has 2 aromatic rings. The molecule has 5 heteroatoms. The molecule has 0 bridgehead atoms. The number of hydrogen-bond donors (Lipinski definition) is 0. The molecule has 0 aliphatic rings. The van der Waals surface area contributed by atoms with Crippen molar-refractivity contribution in [2.45, 2.75) is 13.8 Å². The smallest absolute Gasteiger partial charge is 0.359 e. The van der Waals surface area contributed by atoms with Gasteiger partial charge in [0.05, 0.1) is 12.3 Å². The highest BCUT2D eigenvalue weighted by Gasteiger charge is 2.20. The molecule has 4 nitrogen and oxygen atoms in total. The van der Waals surface area contributed by atoms with Crippen LogP contribution >= 0.6 is 15.9 Å². The number of carbonyl (C=O) groups is 1. The second kappa shape index (κ2) is 5.57. The zero-order chi connectivity index (χ0) is 14.0. The number of ether oxygens (including phenoxy) is 1. The molecule has 100 valence electrons. The first-order valence-electron chi connectivity index (χ1n) is 6.01. The molecule has 1 heterocycles. The van der Waals surface area contributed by atoms with Crippen LogP contribution in [0.2, 0.25) is 0 Å². The molecule has 1 aromatic heterocycles. The van der Waals surface area contributed by atoms with Crippen LogP contribution in [0.25, 0.3) is 11.3 Å². The average Bonchev–Trinajstić information content (AvgIpc) is 2.65. The van der Waals surface area contributed by atoms with Gasteiger partial charge in [-0.25, -0.2) is 4.79 Å². The average molecular weight is 323 g/mol. The number of halogens is 1. The number of aromatic nitrogens is 2. The zero-order valence-corrected chi connectivity index (χ0v) is 12.7. The number of nitrogens with zero attached hydrogens (tertiary/aromatic N) is 2. The summed E-state index contributed by atoms with van der Waals surface area (Å²) in [4.78, 5) is 11.8. The van der Waals surface area contributed by atoms with Crippen molar-refractivity contribution in [1.29, 1.82) is 0 Å². The fourth-order valence-corrected chi connectivity index (χ4v) is 2.46. The molecule has 0 N–H and O–H groups in total. The Balaban J connectivity index is 2.51. The number of benzene rings is 1. The van der Waals surface area contributed by atoms with Crippen molar-refractivity contribution in [3.05, 3.63) is 40.0 Å². The third-order valence-corrected chi connectivity index (χ3v) is 3.34. The van der Waals surface area contributed by atoms with E-state index in [1.807, 2.05) is 38.2 Å². The first kappa shape index (κ1) is 13.8. The molecular weight excluding hydrogens is 308 g/mol. The third kappa shape index (κ3) is 2.71. The summed E-state index contributed by atoms with van der Waals surface area (Å²) < 4.78 is 7.71. The Labute approximate surface area is 120 Å². The normalized spacial score (nSPS) is 10.5. The minimum absolute atomic E-state index is 0.348. The van der Waals surface area contributed by atoms with Crippen LogP contribution in [0.5, 0.6) is 0 Å². The SMILES string of the molecule is CCOC(=O)c1nn(C)c(-c2cccc(Br)c2)c1C. The highest BCUT2D eigenvalue weighted by molar-refractivity contribution is 9.10. The van der Waals surface area contributed by atoms with Crippen molar-refractivity contribution in [3.8, 4) is 11.3 Å². The quantitative estimate of drug-likeness (QED) is 0.814. The van der Waals surface area contributed by atoms with E-state index in [0.29, 0.717) is 12.3 Å². The van der Waals surface area contributed by atoms with Crippen LogP contribution in [0.3, 0.4) is 0 Å². The van der Waals surface area contributed by atoms with E-state index in [1.54, 1.807) is 11.6 Å². The van der Waals surface area contributed by atoms with E-state index in [9.17, 15) is 4.79 Å². The van der Waals surface area contributed by atoms with E-state index in [-0.39, 0.29) is 5.97 Å². The molecule has 0 spiro atoms. The van der Waals surface area contributed by atoms with Crippen molar-refractivity contribution in [2.24, 2.45) is 7.05 Å². The van der Waals surface area contributed by atoms with Crippen molar-refractivity contribution >= 4 is 21.9 Å². The molecule has 0 fully saturated rings. The molecule has 0 radical (unpaired) electrons. The maximum Gasteiger partial charge on any atom is 0.359 e. The fourth-order valence-electron chi connectivity index (χ4n) is 2.06. The highest BCUT2D eigenvalue weighted by Crippen LogP contribution is 2.27. The highest BCUT2D eigenvalue weighted by atomic mass is 79.9. The van der Waals surface area contributed by atoms with Gasteiger partial charge in [-0.15, -0.1) is 0 Å².